The molecular weight excluding hydrogens is 684 g/mol. The number of nitrogens with zero attached hydrogens (tertiary/aromatic N) is 5. The second-order valence-corrected chi connectivity index (χ2v) is 11.9. The number of hydrogen-bond acceptors (Lipinski definition) is 11. The first-order valence-corrected chi connectivity index (χ1v) is 15.1. The molecule has 1 aromatic carbocycles. The number of thioether (sulfide) groups is 1. The number of carbonyl (C=O) groups is 3. The molecule has 1 fully saturated rings. The number of alkyl halides is 6. The molecule has 0 aliphatic heterocycles. The van der Waals surface area contributed by atoms with Gasteiger partial charge < -0.3 is 27.0 Å². The van der Waals surface area contributed by atoms with Crippen molar-refractivity contribution in [2.45, 2.75) is 68.3 Å². The molecule has 1 amide bonds. The number of aliphatic imine (C=N–C) groups is 1. The highest BCUT2D eigenvalue weighted by Gasteiger charge is 2.39. The van der Waals surface area contributed by atoms with Crippen LogP contribution in [0, 0.1) is 6.92 Å². The molecule has 0 saturated heterocycles. The predicted molar refractivity (Wildman–Crippen MR) is 161 cm³/mol. The summed E-state index contributed by atoms with van der Waals surface area (Å²) < 4.78 is 64.3. The molecule has 1 saturated carbocycles. The van der Waals surface area contributed by atoms with Crippen LogP contribution in [0.1, 0.15) is 48.8 Å². The summed E-state index contributed by atoms with van der Waals surface area (Å²) in [5.41, 5.74) is 13.1. The highest BCUT2D eigenvalue weighted by Crippen LogP contribution is 2.29. The molecule has 2 aromatic heterocycles. The molecule has 47 heavy (non-hydrogen) atoms. The quantitative estimate of drug-likeness (QED) is 0.0656. The lowest BCUT2D eigenvalue weighted by Gasteiger charge is -2.30. The van der Waals surface area contributed by atoms with E-state index in [-0.39, 0.29) is 23.9 Å². The van der Waals surface area contributed by atoms with E-state index in [1.54, 1.807) is 11.8 Å². The summed E-state index contributed by atoms with van der Waals surface area (Å²) in [6.07, 6.45) is -6.24. The molecule has 14 nitrogen and oxygen atoms in total. The Kier molecular flexibility index (Phi) is 13.9. The minimum Gasteiger partial charge on any atom is -0.475 e. The lowest BCUT2D eigenvalue weighted by Crippen LogP contribution is -2.38. The zero-order valence-corrected chi connectivity index (χ0v) is 26.1. The average molecular weight is 714 g/mol. The van der Waals surface area contributed by atoms with Gasteiger partial charge in [-0.2, -0.15) is 26.3 Å². The molecule has 2 unspecified atom stereocenters. The summed E-state index contributed by atoms with van der Waals surface area (Å²) in [5, 5.41) is 29.9. The van der Waals surface area contributed by atoms with Crippen LogP contribution in [0.5, 0.6) is 0 Å². The smallest absolute Gasteiger partial charge is 0.475 e. The van der Waals surface area contributed by atoms with Crippen LogP contribution in [0.4, 0.5) is 37.3 Å². The Morgan fingerprint density at radius 1 is 1.02 bits per heavy atom. The fourth-order valence-electron chi connectivity index (χ4n) is 3.85. The number of guanidine groups is 1. The summed E-state index contributed by atoms with van der Waals surface area (Å²) in [7, 11) is 0. The van der Waals surface area contributed by atoms with E-state index >= 15 is 0 Å². The van der Waals surface area contributed by atoms with Crippen molar-refractivity contribution in [1.29, 1.82) is 0 Å². The van der Waals surface area contributed by atoms with E-state index in [9.17, 15) is 31.1 Å². The minimum absolute atomic E-state index is 0.00663. The van der Waals surface area contributed by atoms with Crippen LogP contribution >= 0.6 is 23.1 Å². The number of nitrogens with one attached hydrogen (secondary N) is 2. The van der Waals surface area contributed by atoms with Gasteiger partial charge in [0.05, 0.1) is 17.6 Å². The normalized spacial score (nSPS) is 16.1. The van der Waals surface area contributed by atoms with Gasteiger partial charge in [-0.15, -0.1) is 10.2 Å². The van der Waals surface area contributed by atoms with Gasteiger partial charge in [-0.05, 0) is 37.7 Å². The Morgan fingerprint density at radius 2 is 1.62 bits per heavy atom. The van der Waals surface area contributed by atoms with E-state index in [1.807, 2.05) is 32.0 Å². The van der Waals surface area contributed by atoms with Gasteiger partial charge in [-0.25, -0.2) is 24.5 Å². The third-order valence-corrected chi connectivity index (χ3v) is 7.65. The Balaban J connectivity index is 0.000000459. The first-order chi connectivity index (χ1) is 21.8. The van der Waals surface area contributed by atoms with Gasteiger partial charge in [-0.3, -0.25) is 10.1 Å². The Morgan fingerprint density at radius 3 is 2.17 bits per heavy atom. The number of carboxylic acid groups (broad SMARTS) is 2. The molecule has 2 atom stereocenters. The molecule has 258 valence electrons. The molecule has 3 aromatic rings. The van der Waals surface area contributed by atoms with E-state index in [0.717, 1.165) is 46.7 Å². The van der Waals surface area contributed by atoms with Crippen molar-refractivity contribution in [3.05, 3.63) is 29.6 Å². The second-order valence-electron chi connectivity index (χ2n) is 9.44. The number of anilines is 2. The fourth-order valence-corrected chi connectivity index (χ4v) is 5.49. The second kappa shape index (κ2) is 16.9. The summed E-state index contributed by atoms with van der Waals surface area (Å²) in [5.74, 6) is -4.34. The van der Waals surface area contributed by atoms with Crippen LogP contribution in [0.15, 0.2) is 27.5 Å². The number of carboxylic acids is 2. The summed E-state index contributed by atoms with van der Waals surface area (Å²) in [4.78, 5) is 44.3. The molecule has 1 aliphatic carbocycles. The standard InChI is InChI=1S/C21H27N9OS2.2C2HF3O2/c1-3-32-21-30-29-20(33-21)28-18(31)17-24-13-9-8-11(2)10-12(13)16(27-17)25-14-6-4-5-7-15(14)26-19(22)23;2*3-2(4,5)1(6)7/h8-10,14-15H,3-7H2,1-2H3,(H4,22,23,26)(H,24,25,27)(H,28,29,31);2*(H,6,7). The van der Waals surface area contributed by atoms with Gasteiger partial charge in [0, 0.05) is 5.39 Å². The number of carbonyl (C=O) groups excluding carboxylic acids is 1. The van der Waals surface area contributed by atoms with E-state index < -0.39 is 30.2 Å². The highest BCUT2D eigenvalue weighted by molar-refractivity contribution is 8.01. The van der Waals surface area contributed by atoms with Crippen molar-refractivity contribution in [3.8, 4) is 0 Å². The zero-order valence-electron chi connectivity index (χ0n) is 24.5. The first-order valence-electron chi connectivity index (χ1n) is 13.3. The minimum atomic E-state index is -5.08. The predicted octanol–water partition coefficient (Wildman–Crippen LogP) is 4.42. The topological polar surface area (TPSA) is 232 Å². The van der Waals surface area contributed by atoms with Crippen LogP contribution in [-0.2, 0) is 9.59 Å². The largest absolute Gasteiger partial charge is 0.490 e. The van der Waals surface area contributed by atoms with Crippen molar-refractivity contribution in [2.24, 2.45) is 16.5 Å². The number of halogens is 6. The van der Waals surface area contributed by atoms with Crippen molar-refractivity contribution >= 4 is 68.8 Å². The molecule has 2 heterocycles. The number of aromatic nitrogens is 4. The fraction of sp³-hybridized carbons (Fsp3) is 0.440. The van der Waals surface area contributed by atoms with Crippen LogP contribution in [0.25, 0.3) is 10.9 Å². The monoisotopic (exact) mass is 713 g/mol. The number of aliphatic carboxylic acids is 2. The van der Waals surface area contributed by atoms with Gasteiger partial charge in [0.2, 0.25) is 11.0 Å². The van der Waals surface area contributed by atoms with Crippen molar-refractivity contribution in [2.75, 3.05) is 16.4 Å². The number of rotatable bonds is 7. The summed E-state index contributed by atoms with van der Waals surface area (Å²) >= 11 is 2.90. The SMILES string of the molecule is CCSc1nnc(NC(=O)c2nc(NC3CCCCC3N=C(N)N)c3cc(C)ccc3n2)s1.O=C(O)C(F)(F)F.O=C(O)C(F)(F)F. The average Bonchev–Trinajstić information content (AvgIpc) is 3.40. The number of amides is 1. The lowest BCUT2D eigenvalue weighted by atomic mass is 9.90. The first kappa shape index (κ1) is 38.7. The number of aryl methyl sites for hydroxylation is 1. The maximum atomic E-state index is 13.0. The third kappa shape index (κ3) is 12.7. The molecular formula is C25H29F6N9O5S2. The van der Waals surface area contributed by atoms with Crippen molar-refractivity contribution in [1.82, 2.24) is 20.2 Å². The van der Waals surface area contributed by atoms with Gasteiger partial charge >= 0.3 is 24.3 Å². The van der Waals surface area contributed by atoms with Crippen LogP contribution < -0.4 is 22.1 Å². The van der Waals surface area contributed by atoms with Crippen LogP contribution in [0.2, 0.25) is 0 Å². The summed E-state index contributed by atoms with van der Waals surface area (Å²) in [6.45, 7) is 4.04. The highest BCUT2D eigenvalue weighted by atomic mass is 32.2. The van der Waals surface area contributed by atoms with Crippen LogP contribution in [-0.4, -0.2) is 84.4 Å². The van der Waals surface area contributed by atoms with Gasteiger partial charge in [0.15, 0.2) is 10.3 Å². The van der Waals surface area contributed by atoms with E-state index in [1.165, 1.54) is 11.3 Å². The Hall–Kier alpha value is -4.47. The van der Waals surface area contributed by atoms with Gasteiger partial charge in [-0.1, -0.05) is 54.5 Å². The molecule has 0 radical (unpaired) electrons. The Bertz CT molecular complexity index is 1560. The molecule has 0 spiro atoms. The molecule has 8 N–H and O–H groups in total. The van der Waals surface area contributed by atoms with Crippen LogP contribution in [0.3, 0.4) is 0 Å². The van der Waals surface area contributed by atoms with E-state index in [0.29, 0.717) is 16.5 Å². The van der Waals surface area contributed by atoms with E-state index in [2.05, 4.69) is 35.8 Å². The number of hydrogen-bond donors (Lipinski definition) is 6. The van der Waals surface area contributed by atoms with E-state index in [4.69, 9.17) is 31.3 Å². The van der Waals surface area contributed by atoms with Gasteiger partial charge in [0.1, 0.15) is 5.82 Å². The summed E-state index contributed by atoms with van der Waals surface area (Å²) in [6, 6.07) is 5.82. The lowest BCUT2D eigenvalue weighted by molar-refractivity contribution is -0.193. The zero-order chi connectivity index (χ0) is 35.5. The van der Waals surface area contributed by atoms with Gasteiger partial charge in [0.25, 0.3) is 5.91 Å². The molecule has 22 heteroatoms. The molecule has 1 aliphatic rings. The number of fused-ring (bicyclic) bond motifs is 1. The maximum Gasteiger partial charge on any atom is 0.490 e. The number of nitrogens with two attached hydrogens (primary N) is 2. The maximum absolute atomic E-state index is 13.0. The molecule has 4 rings (SSSR count). The molecule has 0 bridgehead atoms. The van der Waals surface area contributed by atoms with Crippen molar-refractivity contribution < 1.29 is 50.9 Å². The van der Waals surface area contributed by atoms with Crippen molar-refractivity contribution in [3.63, 3.8) is 0 Å². The Labute approximate surface area is 270 Å². The third-order valence-electron chi connectivity index (χ3n) is 5.80. The number of benzene rings is 1.